The number of rotatable bonds is 5. The van der Waals surface area contributed by atoms with Crippen molar-refractivity contribution in [2.75, 3.05) is 7.11 Å². The molecule has 0 saturated heterocycles. The molecule has 2 aromatic carbocycles. The van der Waals surface area contributed by atoms with Crippen LogP contribution in [-0.4, -0.2) is 19.0 Å². The predicted molar refractivity (Wildman–Crippen MR) is 80.3 cm³/mol. The minimum atomic E-state index is -4.43. The van der Waals surface area contributed by atoms with E-state index in [9.17, 15) is 13.2 Å². The Balaban J connectivity index is 2.14. The van der Waals surface area contributed by atoms with Crippen molar-refractivity contribution >= 4 is 5.71 Å². The van der Waals surface area contributed by atoms with Gasteiger partial charge in [0, 0.05) is 6.42 Å². The van der Waals surface area contributed by atoms with E-state index in [1.54, 1.807) is 54.6 Å². The molecule has 0 unspecified atom stereocenters. The summed E-state index contributed by atoms with van der Waals surface area (Å²) in [6.45, 7) is -0.00826. The lowest BCUT2D eigenvalue weighted by molar-refractivity contribution is -0.0603. The number of hydrogen-bond donors (Lipinski definition) is 0. The number of aliphatic imine (C=N–C) groups is 1. The van der Waals surface area contributed by atoms with Gasteiger partial charge in [-0.3, -0.25) is 4.99 Å². The molecular formula is C17H16F3NO. The molecule has 116 valence electrons. The van der Waals surface area contributed by atoms with Crippen molar-refractivity contribution in [3.05, 3.63) is 65.7 Å². The number of methoxy groups -OCH3 is 1. The molecule has 0 spiro atoms. The van der Waals surface area contributed by atoms with E-state index in [2.05, 4.69) is 4.99 Å². The summed E-state index contributed by atoms with van der Waals surface area (Å²) in [5, 5.41) is 0. The first-order chi connectivity index (χ1) is 10.5. The van der Waals surface area contributed by atoms with Gasteiger partial charge in [-0.1, -0.05) is 42.5 Å². The second-order valence-electron chi connectivity index (χ2n) is 4.77. The fourth-order valence-corrected chi connectivity index (χ4v) is 1.95. The van der Waals surface area contributed by atoms with Gasteiger partial charge in [0.2, 0.25) is 0 Å². The molecule has 0 heterocycles. The third-order valence-corrected chi connectivity index (χ3v) is 3.15. The van der Waals surface area contributed by atoms with Crippen molar-refractivity contribution in [3.8, 4) is 5.75 Å². The van der Waals surface area contributed by atoms with Crippen molar-refractivity contribution in [1.29, 1.82) is 0 Å². The summed E-state index contributed by atoms with van der Waals surface area (Å²) in [4.78, 5) is 3.77. The van der Waals surface area contributed by atoms with Crippen LogP contribution >= 0.6 is 0 Å². The zero-order valence-electron chi connectivity index (χ0n) is 12.1. The van der Waals surface area contributed by atoms with E-state index in [0.717, 1.165) is 0 Å². The van der Waals surface area contributed by atoms with E-state index in [0.29, 0.717) is 16.9 Å². The molecule has 0 aromatic heterocycles. The Morgan fingerprint density at radius 2 is 1.59 bits per heavy atom. The summed E-state index contributed by atoms with van der Waals surface area (Å²) in [5.41, 5.74) is 0.526. The quantitative estimate of drug-likeness (QED) is 0.748. The lowest BCUT2D eigenvalue weighted by Crippen LogP contribution is -2.25. The zero-order valence-corrected chi connectivity index (χ0v) is 12.1. The van der Waals surface area contributed by atoms with Gasteiger partial charge in [0.25, 0.3) is 0 Å². The Labute approximate surface area is 127 Å². The maximum Gasteiger partial charge on any atom is 0.429 e. The van der Waals surface area contributed by atoms with Crippen LogP contribution in [0.3, 0.4) is 0 Å². The first-order valence-corrected chi connectivity index (χ1v) is 6.76. The van der Waals surface area contributed by atoms with Crippen LogP contribution in [0, 0.1) is 0 Å². The molecule has 0 bridgehead atoms. The summed E-state index contributed by atoms with van der Waals surface area (Å²) in [5.74, 6) is 0.660. The minimum Gasteiger partial charge on any atom is -0.497 e. The monoisotopic (exact) mass is 307 g/mol. The second kappa shape index (κ2) is 7.11. The third-order valence-electron chi connectivity index (χ3n) is 3.15. The van der Waals surface area contributed by atoms with Gasteiger partial charge in [0.1, 0.15) is 11.5 Å². The Bertz CT molecular complexity index is 619. The van der Waals surface area contributed by atoms with E-state index < -0.39 is 11.9 Å². The summed E-state index contributed by atoms with van der Waals surface area (Å²) < 4.78 is 44.2. The highest BCUT2D eigenvalue weighted by molar-refractivity contribution is 5.91. The lowest BCUT2D eigenvalue weighted by Gasteiger charge is -2.11. The van der Waals surface area contributed by atoms with Gasteiger partial charge >= 0.3 is 6.18 Å². The molecule has 0 N–H and O–H groups in total. The standard InChI is InChI=1S/C17H16F3NO/c1-22-15-9-7-14(8-10-15)12-21-16(17(18,19)20)11-13-5-3-2-4-6-13/h2-10H,11-12H2,1H3. The van der Waals surface area contributed by atoms with Gasteiger partial charge < -0.3 is 4.74 Å². The topological polar surface area (TPSA) is 21.6 Å². The van der Waals surface area contributed by atoms with E-state index in [-0.39, 0.29) is 13.0 Å². The van der Waals surface area contributed by atoms with Crippen LogP contribution in [-0.2, 0) is 13.0 Å². The molecule has 2 rings (SSSR count). The highest BCUT2D eigenvalue weighted by Crippen LogP contribution is 2.21. The van der Waals surface area contributed by atoms with Crippen LogP contribution in [0.2, 0.25) is 0 Å². The Hall–Kier alpha value is -2.30. The maximum absolute atomic E-state index is 13.1. The van der Waals surface area contributed by atoms with Crippen molar-refractivity contribution in [3.63, 3.8) is 0 Å². The van der Waals surface area contributed by atoms with Gasteiger partial charge in [-0.15, -0.1) is 0 Å². The molecule has 2 aromatic rings. The van der Waals surface area contributed by atoms with E-state index >= 15 is 0 Å². The summed E-state index contributed by atoms with van der Waals surface area (Å²) in [7, 11) is 1.54. The molecule has 0 aliphatic rings. The molecule has 0 saturated carbocycles. The van der Waals surface area contributed by atoms with E-state index in [1.807, 2.05) is 0 Å². The van der Waals surface area contributed by atoms with Crippen LogP contribution in [0.15, 0.2) is 59.6 Å². The Morgan fingerprint density at radius 1 is 0.955 bits per heavy atom. The number of nitrogens with zero attached hydrogens (tertiary/aromatic N) is 1. The molecular weight excluding hydrogens is 291 g/mol. The fourth-order valence-electron chi connectivity index (χ4n) is 1.95. The second-order valence-corrected chi connectivity index (χ2v) is 4.77. The molecule has 0 radical (unpaired) electrons. The van der Waals surface area contributed by atoms with Crippen LogP contribution in [0.4, 0.5) is 13.2 Å². The van der Waals surface area contributed by atoms with Gasteiger partial charge in [-0.25, -0.2) is 0 Å². The van der Waals surface area contributed by atoms with Crippen molar-refractivity contribution in [1.82, 2.24) is 0 Å². The van der Waals surface area contributed by atoms with Gasteiger partial charge in [-0.2, -0.15) is 13.2 Å². The third kappa shape index (κ3) is 4.62. The summed E-state index contributed by atoms with van der Waals surface area (Å²) in [6, 6.07) is 15.3. The Kier molecular flexibility index (Phi) is 5.20. The summed E-state index contributed by atoms with van der Waals surface area (Å²) >= 11 is 0. The first kappa shape index (κ1) is 16.1. The molecule has 0 aliphatic carbocycles. The number of hydrogen-bond acceptors (Lipinski definition) is 2. The molecule has 0 atom stereocenters. The number of halogens is 3. The molecule has 0 amide bonds. The number of ether oxygens (including phenoxy) is 1. The number of alkyl halides is 3. The predicted octanol–water partition coefficient (Wildman–Crippen LogP) is 4.44. The molecule has 0 fully saturated rings. The minimum absolute atomic E-state index is 0.00826. The molecule has 2 nitrogen and oxygen atoms in total. The normalized spacial score (nSPS) is 12.3. The van der Waals surface area contributed by atoms with Crippen molar-refractivity contribution < 1.29 is 17.9 Å². The van der Waals surface area contributed by atoms with E-state index in [4.69, 9.17) is 4.74 Å². The summed E-state index contributed by atoms with van der Waals surface area (Å²) in [6.07, 6.45) is -4.65. The Morgan fingerprint density at radius 3 is 2.14 bits per heavy atom. The molecule has 0 aliphatic heterocycles. The average molecular weight is 307 g/mol. The zero-order chi connectivity index (χ0) is 16.0. The average Bonchev–Trinajstić information content (AvgIpc) is 2.52. The van der Waals surface area contributed by atoms with E-state index in [1.165, 1.54) is 7.11 Å². The highest BCUT2D eigenvalue weighted by Gasteiger charge is 2.35. The van der Waals surface area contributed by atoms with Crippen molar-refractivity contribution in [2.24, 2.45) is 4.99 Å². The van der Waals surface area contributed by atoms with Crippen LogP contribution in [0.25, 0.3) is 0 Å². The largest absolute Gasteiger partial charge is 0.497 e. The van der Waals surface area contributed by atoms with Crippen LogP contribution in [0.1, 0.15) is 11.1 Å². The van der Waals surface area contributed by atoms with Crippen LogP contribution in [0.5, 0.6) is 5.75 Å². The first-order valence-electron chi connectivity index (χ1n) is 6.76. The lowest BCUT2D eigenvalue weighted by atomic mass is 10.1. The van der Waals surface area contributed by atoms with Crippen molar-refractivity contribution in [2.45, 2.75) is 19.1 Å². The van der Waals surface area contributed by atoms with Gasteiger partial charge in [0.05, 0.1) is 13.7 Å². The smallest absolute Gasteiger partial charge is 0.429 e. The van der Waals surface area contributed by atoms with Crippen LogP contribution < -0.4 is 4.74 Å². The van der Waals surface area contributed by atoms with Gasteiger partial charge in [0.15, 0.2) is 0 Å². The SMILES string of the molecule is COc1ccc(CN=C(Cc2ccccc2)C(F)(F)F)cc1. The molecule has 22 heavy (non-hydrogen) atoms. The highest BCUT2D eigenvalue weighted by atomic mass is 19.4. The fraction of sp³-hybridized carbons (Fsp3) is 0.235. The maximum atomic E-state index is 13.1. The van der Waals surface area contributed by atoms with Gasteiger partial charge in [-0.05, 0) is 23.3 Å². The molecule has 5 heteroatoms. The number of benzene rings is 2.